The third-order valence-electron chi connectivity index (χ3n) is 1.85. The van der Waals surface area contributed by atoms with Crippen molar-refractivity contribution in [3.63, 3.8) is 0 Å². The summed E-state index contributed by atoms with van der Waals surface area (Å²) in [6.45, 7) is 4.59. The lowest BCUT2D eigenvalue weighted by atomic mass is 10.4. The Morgan fingerprint density at radius 1 is 1.62 bits per heavy atom. The largest absolute Gasteiger partial charge is 0.364 e. The summed E-state index contributed by atoms with van der Waals surface area (Å²) in [6, 6.07) is 0. The summed E-state index contributed by atoms with van der Waals surface area (Å²) < 4.78 is 1.78. The van der Waals surface area contributed by atoms with E-state index in [1.165, 1.54) is 0 Å². The van der Waals surface area contributed by atoms with E-state index in [1.807, 2.05) is 13.8 Å². The first-order valence-corrected chi connectivity index (χ1v) is 4.54. The Kier molecular flexibility index (Phi) is 2.93. The number of carbonyl (C=O) groups excluding carboxylic acids is 1. The van der Waals surface area contributed by atoms with Crippen LogP contribution in [0.5, 0.6) is 0 Å². The lowest BCUT2D eigenvalue weighted by molar-refractivity contribution is 0.0996. The molecule has 0 aromatic carbocycles. The number of carbonyl (C=O) groups is 1. The number of amides is 1. The zero-order chi connectivity index (χ0) is 10.0. The van der Waals surface area contributed by atoms with Gasteiger partial charge in [-0.15, -0.1) is 0 Å². The molecule has 1 aromatic heterocycles. The van der Waals surface area contributed by atoms with Gasteiger partial charge < -0.3 is 10.3 Å². The number of hydrogen-bond acceptors (Lipinski definition) is 2. The number of halogens is 1. The van der Waals surface area contributed by atoms with E-state index in [4.69, 9.17) is 17.3 Å². The minimum atomic E-state index is -0.577. The van der Waals surface area contributed by atoms with Gasteiger partial charge in [0.2, 0.25) is 0 Å². The molecule has 1 aromatic rings. The zero-order valence-electron chi connectivity index (χ0n) is 7.67. The first kappa shape index (κ1) is 10.1. The van der Waals surface area contributed by atoms with Gasteiger partial charge in [0.05, 0.1) is 0 Å². The Labute approximate surface area is 81.7 Å². The predicted octanol–water partition coefficient (Wildman–Crippen LogP) is 1.22. The maximum absolute atomic E-state index is 10.9. The number of aryl methyl sites for hydroxylation is 1. The molecule has 0 aliphatic carbocycles. The van der Waals surface area contributed by atoms with E-state index in [9.17, 15) is 4.79 Å². The van der Waals surface area contributed by atoms with Crippen LogP contribution in [0.2, 0.25) is 5.15 Å². The van der Waals surface area contributed by atoms with Crippen LogP contribution in [0.25, 0.3) is 0 Å². The fourth-order valence-corrected chi connectivity index (χ4v) is 1.58. The molecule has 0 bridgehead atoms. The van der Waals surface area contributed by atoms with E-state index >= 15 is 0 Å². The van der Waals surface area contributed by atoms with Crippen molar-refractivity contribution >= 4 is 17.5 Å². The van der Waals surface area contributed by atoms with Gasteiger partial charge in [0.25, 0.3) is 5.91 Å². The second kappa shape index (κ2) is 3.79. The van der Waals surface area contributed by atoms with Crippen LogP contribution in [0.3, 0.4) is 0 Å². The molecule has 2 N–H and O–H groups in total. The average molecular weight is 202 g/mol. The number of hydrogen-bond donors (Lipinski definition) is 1. The fraction of sp³-hybridized carbons (Fsp3) is 0.500. The number of nitrogens with two attached hydrogens (primary N) is 1. The first-order valence-electron chi connectivity index (χ1n) is 4.16. The highest BCUT2D eigenvalue weighted by Crippen LogP contribution is 2.17. The summed E-state index contributed by atoms with van der Waals surface area (Å²) in [5.41, 5.74) is 5.27. The normalized spacial score (nSPS) is 10.4. The zero-order valence-corrected chi connectivity index (χ0v) is 8.43. The summed E-state index contributed by atoms with van der Waals surface area (Å²) in [5.74, 6) is 0.216. The van der Waals surface area contributed by atoms with Crippen LogP contribution in [-0.4, -0.2) is 15.5 Å². The molecule has 1 heterocycles. The Morgan fingerprint density at radius 2 is 2.23 bits per heavy atom. The molecule has 0 aliphatic heterocycles. The molecular weight excluding hydrogens is 190 g/mol. The van der Waals surface area contributed by atoms with Gasteiger partial charge in [-0.3, -0.25) is 4.79 Å². The molecule has 0 saturated heterocycles. The smallest absolute Gasteiger partial charge is 0.270 e. The average Bonchev–Trinajstić information content (AvgIpc) is 2.41. The molecule has 0 fully saturated rings. The van der Waals surface area contributed by atoms with Gasteiger partial charge in [0.1, 0.15) is 11.0 Å². The molecule has 0 radical (unpaired) electrons. The topological polar surface area (TPSA) is 60.9 Å². The van der Waals surface area contributed by atoms with Crippen molar-refractivity contribution in [2.24, 2.45) is 5.73 Å². The second-order valence-electron chi connectivity index (χ2n) is 2.63. The molecule has 0 aliphatic rings. The molecule has 0 atom stereocenters. The molecule has 0 saturated carbocycles. The van der Waals surface area contributed by atoms with Crippen LogP contribution in [0.4, 0.5) is 0 Å². The third kappa shape index (κ3) is 1.67. The van der Waals surface area contributed by atoms with Crippen LogP contribution in [0, 0.1) is 0 Å². The van der Waals surface area contributed by atoms with Crippen molar-refractivity contribution in [3.8, 4) is 0 Å². The molecule has 1 rings (SSSR count). The van der Waals surface area contributed by atoms with Gasteiger partial charge in [0, 0.05) is 13.0 Å². The number of aromatic nitrogens is 2. The summed E-state index contributed by atoms with van der Waals surface area (Å²) in [5, 5.41) is 0.340. The van der Waals surface area contributed by atoms with Crippen molar-refractivity contribution in [2.75, 3.05) is 0 Å². The predicted molar refractivity (Wildman–Crippen MR) is 50.8 cm³/mol. The van der Waals surface area contributed by atoms with E-state index in [0.29, 0.717) is 11.7 Å². The SMILES string of the molecule is CCc1nc(C(N)=O)c(Cl)n1CC. The van der Waals surface area contributed by atoms with Crippen LogP contribution < -0.4 is 5.73 Å². The first-order chi connectivity index (χ1) is 6.11. The molecule has 13 heavy (non-hydrogen) atoms. The molecule has 72 valence electrons. The Morgan fingerprint density at radius 3 is 2.54 bits per heavy atom. The van der Waals surface area contributed by atoms with Gasteiger partial charge in [-0.05, 0) is 6.92 Å². The molecular formula is C8H12ClN3O. The number of primary amides is 1. The Hall–Kier alpha value is -1.03. The lowest BCUT2D eigenvalue weighted by Gasteiger charge is -2.02. The highest BCUT2D eigenvalue weighted by atomic mass is 35.5. The van der Waals surface area contributed by atoms with Crippen LogP contribution in [0.15, 0.2) is 0 Å². The summed E-state index contributed by atoms with van der Waals surface area (Å²) in [4.78, 5) is 14.9. The summed E-state index contributed by atoms with van der Waals surface area (Å²) in [7, 11) is 0. The van der Waals surface area contributed by atoms with Crippen molar-refractivity contribution < 1.29 is 4.79 Å². The van der Waals surface area contributed by atoms with Crippen LogP contribution >= 0.6 is 11.6 Å². The van der Waals surface area contributed by atoms with Crippen LogP contribution in [0.1, 0.15) is 30.2 Å². The van der Waals surface area contributed by atoms with Crippen molar-refractivity contribution in [1.82, 2.24) is 9.55 Å². The van der Waals surface area contributed by atoms with E-state index in [-0.39, 0.29) is 5.69 Å². The maximum Gasteiger partial charge on any atom is 0.270 e. The minimum absolute atomic E-state index is 0.167. The van der Waals surface area contributed by atoms with Gasteiger partial charge >= 0.3 is 0 Å². The number of nitrogens with zero attached hydrogens (tertiary/aromatic N) is 2. The maximum atomic E-state index is 10.9. The van der Waals surface area contributed by atoms with Gasteiger partial charge in [-0.2, -0.15) is 0 Å². The summed E-state index contributed by atoms with van der Waals surface area (Å²) in [6.07, 6.45) is 0.737. The second-order valence-corrected chi connectivity index (χ2v) is 2.99. The van der Waals surface area contributed by atoms with Gasteiger partial charge in [-0.1, -0.05) is 18.5 Å². The van der Waals surface area contributed by atoms with E-state index < -0.39 is 5.91 Å². The third-order valence-corrected chi connectivity index (χ3v) is 2.23. The van der Waals surface area contributed by atoms with Gasteiger partial charge in [0.15, 0.2) is 5.69 Å². The Bertz CT molecular complexity index is 332. The molecule has 4 nitrogen and oxygen atoms in total. The fourth-order valence-electron chi connectivity index (χ4n) is 1.22. The standard InChI is InChI=1S/C8H12ClN3O/c1-3-5-11-6(8(10)13)7(9)12(5)4-2/h3-4H2,1-2H3,(H2,10,13). The lowest BCUT2D eigenvalue weighted by Crippen LogP contribution is -2.12. The molecule has 0 unspecified atom stereocenters. The quantitative estimate of drug-likeness (QED) is 0.800. The van der Waals surface area contributed by atoms with Crippen molar-refractivity contribution in [1.29, 1.82) is 0 Å². The minimum Gasteiger partial charge on any atom is -0.364 e. The van der Waals surface area contributed by atoms with E-state index in [1.54, 1.807) is 4.57 Å². The summed E-state index contributed by atoms with van der Waals surface area (Å²) >= 11 is 5.90. The van der Waals surface area contributed by atoms with Gasteiger partial charge in [-0.25, -0.2) is 4.98 Å². The highest BCUT2D eigenvalue weighted by Gasteiger charge is 2.16. The Balaban J connectivity index is 3.26. The number of rotatable bonds is 3. The van der Waals surface area contributed by atoms with Crippen LogP contribution in [-0.2, 0) is 13.0 Å². The number of imidazole rings is 1. The monoisotopic (exact) mass is 201 g/mol. The van der Waals surface area contributed by atoms with Crippen molar-refractivity contribution in [2.45, 2.75) is 26.8 Å². The van der Waals surface area contributed by atoms with E-state index in [0.717, 1.165) is 12.2 Å². The molecule has 0 spiro atoms. The van der Waals surface area contributed by atoms with E-state index in [2.05, 4.69) is 4.98 Å². The van der Waals surface area contributed by atoms with Crippen molar-refractivity contribution in [3.05, 3.63) is 16.7 Å². The molecule has 1 amide bonds. The molecule has 5 heteroatoms. The highest BCUT2D eigenvalue weighted by molar-refractivity contribution is 6.32.